The number of rotatable bonds is 3. The first-order chi connectivity index (χ1) is 8.64. The maximum absolute atomic E-state index is 5.87. The maximum Gasteiger partial charge on any atom is 0.0867 e. The SMILES string of the molecule is C.NC1(N)C=CC(c2ccccc2CC2CO2)=CC1. The van der Waals surface area contributed by atoms with Crippen molar-refractivity contribution in [2.45, 2.75) is 32.0 Å². The fourth-order valence-corrected chi connectivity index (χ4v) is 2.28. The lowest BCUT2D eigenvalue weighted by atomic mass is 9.90. The molecule has 1 aromatic rings. The second kappa shape index (κ2) is 5.29. The monoisotopic (exact) mass is 258 g/mol. The first-order valence-electron chi connectivity index (χ1n) is 6.31. The summed E-state index contributed by atoms with van der Waals surface area (Å²) in [6.07, 6.45) is 8.09. The molecule has 3 heteroatoms. The molecule has 1 fully saturated rings. The van der Waals surface area contributed by atoms with E-state index in [0.29, 0.717) is 12.5 Å². The number of hydrogen-bond acceptors (Lipinski definition) is 3. The van der Waals surface area contributed by atoms with Gasteiger partial charge in [0.15, 0.2) is 0 Å². The summed E-state index contributed by atoms with van der Waals surface area (Å²) in [5, 5.41) is 0. The van der Waals surface area contributed by atoms with Crippen LogP contribution in [-0.2, 0) is 11.2 Å². The van der Waals surface area contributed by atoms with Gasteiger partial charge in [-0.1, -0.05) is 43.8 Å². The van der Waals surface area contributed by atoms with Crippen LogP contribution in [0, 0.1) is 0 Å². The third-order valence-electron chi connectivity index (χ3n) is 3.43. The molecule has 1 unspecified atom stereocenters. The van der Waals surface area contributed by atoms with E-state index >= 15 is 0 Å². The van der Waals surface area contributed by atoms with Gasteiger partial charge in [-0.15, -0.1) is 0 Å². The summed E-state index contributed by atoms with van der Waals surface area (Å²) < 4.78 is 5.31. The zero-order valence-corrected chi connectivity index (χ0v) is 10.3. The Morgan fingerprint density at radius 3 is 2.63 bits per heavy atom. The molecule has 0 radical (unpaired) electrons. The van der Waals surface area contributed by atoms with Crippen molar-refractivity contribution in [1.29, 1.82) is 0 Å². The fraction of sp³-hybridized carbons (Fsp3) is 0.375. The molecule has 4 N–H and O–H groups in total. The Balaban J connectivity index is 0.00000133. The molecule has 0 spiro atoms. The van der Waals surface area contributed by atoms with E-state index in [0.717, 1.165) is 13.0 Å². The van der Waals surface area contributed by atoms with E-state index < -0.39 is 5.66 Å². The van der Waals surface area contributed by atoms with Crippen LogP contribution in [0.3, 0.4) is 0 Å². The summed E-state index contributed by atoms with van der Waals surface area (Å²) in [7, 11) is 0. The summed E-state index contributed by atoms with van der Waals surface area (Å²) >= 11 is 0. The highest BCUT2D eigenvalue weighted by Crippen LogP contribution is 2.28. The summed E-state index contributed by atoms with van der Waals surface area (Å²) in [5.74, 6) is 0. The molecule has 0 saturated carbocycles. The number of ether oxygens (including phenoxy) is 1. The van der Waals surface area contributed by atoms with E-state index in [-0.39, 0.29) is 7.43 Å². The predicted molar refractivity (Wildman–Crippen MR) is 79.5 cm³/mol. The normalized spacial score (nSPS) is 23.5. The molecule has 1 aliphatic heterocycles. The maximum atomic E-state index is 5.87. The van der Waals surface area contributed by atoms with Crippen LogP contribution in [0.2, 0.25) is 0 Å². The van der Waals surface area contributed by atoms with Crippen molar-refractivity contribution in [1.82, 2.24) is 0 Å². The van der Waals surface area contributed by atoms with Gasteiger partial charge in [0.25, 0.3) is 0 Å². The molecule has 102 valence electrons. The predicted octanol–water partition coefficient (Wildman–Crippen LogP) is 2.22. The number of hydrogen-bond donors (Lipinski definition) is 2. The largest absolute Gasteiger partial charge is 0.373 e. The zero-order valence-electron chi connectivity index (χ0n) is 10.3. The standard InChI is InChI=1S/C15H18N2O.CH4/c16-15(17)7-5-11(6-8-15)14-4-2-1-3-12(14)9-13-10-18-13;/h1-7,13H,8-10,16-17H2;1H4. The summed E-state index contributed by atoms with van der Waals surface area (Å²) in [6, 6.07) is 8.45. The van der Waals surface area contributed by atoms with Crippen molar-refractivity contribution >= 4 is 5.57 Å². The summed E-state index contributed by atoms with van der Waals surface area (Å²) in [5.41, 5.74) is 14.9. The van der Waals surface area contributed by atoms with Crippen LogP contribution in [0.4, 0.5) is 0 Å². The van der Waals surface area contributed by atoms with Gasteiger partial charge in [-0.3, -0.25) is 0 Å². The van der Waals surface area contributed by atoms with Gasteiger partial charge in [0, 0.05) is 12.8 Å². The molecule has 3 nitrogen and oxygen atoms in total. The van der Waals surface area contributed by atoms with E-state index in [1.165, 1.54) is 16.7 Å². The van der Waals surface area contributed by atoms with Gasteiger partial charge in [0.05, 0.1) is 18.4 Å². The first kappa shape index (κ1) is 14.0. The van der Waals surface area contributed by atoms with Crippen LogP contribution in [0.1, 0.15) is 25.0 Å². The van der Waals surface area contributed by atoms with Gasteiger partial charge in [0.1, 0.15) is 0 Å². The van der Waals surface area contributed by atoms with Crippen LogP contribution < -0.4 is 11.5 Å². The van der Waals surface area contributed by atoms with Crippen LogP contribution in [0.25, 0.3) is 5.57 Å². The second-order valence-electron chi connectivity index (χ2n) is 5.13. The summed E-state index contributed by atoms with van der Waals surface area (Å²) in [4.78, 5) is 0. The minimum Gasteiger partial charge on any atom is -0.373 e. The number of benzene rings is 1. The highest BCUT2D eigenvalue weighted by Gasteiger charge is 2.24. The molecule has 1 saturated heterocycles. The lowest BCUT2D eigenvalue weighted by Crippen LogP contribution is -2.47. The highest BCUT2D eigenvalue weighted by molar-refractivity contribution is 5.77. The third kappa shape index (κ3) is 3.32. The number of epoxide rings is 1. The van der Waals surface area contributed by atoms with Crippen molar-refractivity contribution in [3.05, 3.63) is 53.6 Å². The second-order valence-corrected chi connectivity index (χ2v) is 5.13. The number of nitrogens with two attached hydrogens (primary N) is 2. The van der Waals surface area contributed by atoms with Gasteiger partial charge in [-0.25, -0.2) is 0 Å². The molecule has 1 aliphatic carbocycles. The van der Waals surface area contributed by atoms with E-state index in [1.807, 2.05) is 12.2 Å². The van der Waals surface area contributed by atoms with E-state index in [9.17, 15) is 0 Å². The van der Waals surface area contributed by atoms with Crippen molar-refractivity contribution in [3.63, 3.8) is 0 Å². The smallest absolute Gasteiger partial charge is 0.0867 e. The molecule has 1 heterocycles. The molecule has 0 amide bonds. The van der Waals surface area contributed by atoms with Crippen molar-refractivity contribution in [2.24, 2.45) is 11.5 Å². The van der Waals surface area contributed by atoms with E-state index in [1.54, 1.807) is 0 Å². The van der Waals surface area contributed by atoms with Crippen molar-refractivity contribution in [2.75, 3.05) is 6.61 Å². The molecule has 3 rings (SSSR count). The van der Waals surface area contributed by atoms with Crippen LogP contribution >= 0.6 is 0 Å². The Hall–Kier alpha value is -1.42. The molecule has 1 aromatic carbocycles. The minimum atomic E-state index is -0.696. The molecule has 1 atom stereocenters. The van der Waals surface area contributed by atoms with Gasteiger partial charge >= 0.3 is 0 Å². The van der Waals surface area contributed by atoms with Crippen LogP contribution in [-0.4, -0.2) is 18.4 Å². The molecule has 0 aromatic heterocycles. The molecule has 2 aliphatic rings. The lowest BCUT2D eigenvalue weighted by molar-refractivity contribution is 0.407. The van der Waals surface area contributed by atoms with E-state index in [4.69, 9.17) is 16.2 Å². The Morgan fingerprint density at radius 1 is 1.26 bits per heavy atom. The zero-order chi connectivity index (χ0) is 12.6. The number of allylic oxidation sites excluding steroid dienone is 2. The van der Waals surface area contributed by atoms with Gasteiger partial charge in [0.2, 0.25) is 0 Å². The average molecular weight is 258 g/mol. The lowest BCUT2D eigenvalue weighted by Gasteiger charge is -2.23. The molecule has 0 bridgehead atoms. The summed E-state index contributed by atoms with van der Waals surface area (Å²) in [6.45, 7) is 0.887. The van der Waals surface area contributed by atoms with Gasteiger partial charge < -0.3 is 16.2 Å². The van der Waals surface area contributed by atoms with E-state index in [2.05, 4.69) is 30.3 Å². The fourth-order valence-electron chi connectivity index (χ4n) is 2.28. The topological polar surface area (TPSA) is 64.6 Å². The highest BCUT2D eigenvalue weighted by atomic mass is 16.6. The van der Waals surface area contributed by atoms with Crippen LogP contribution in [0.5, 0.6) is 0 Å². The minimum absolute atomic E-state index is 0. The quantitative estimate of drug-likeness (QED) is 0.645. The average Bonchev–Trinajstić information content (AvgIpc) is 3.14. The van der Waals surface area contributed by atoms with Crippen LogP contribution in [0.15, 0.2) is 42.5 Å². The molecular weight excluding hydrogens is 236 g/mol. The van der Waals surface area contributed by atoms with Gasteiger partial charge in [-0.2, -0.15) is 0 Å². The van der Waals surface area contributed by atoms with Crippen molar-refractivity contribution < 1.29 is 4.74 Å². The van der Waals surface area contributed by atoms with Crippen molar-refractivity contribution in [3.8, 4) is 0 Å². The Labute approximate surface area is 114 Å². The molecule has 19 heavy (non-hydrogen) atoms. The first-order valence-corrected chi connectivity index (χ1v) is 6.31. The Kier molecular flexibility index (Phi) is 3.90. The van der Waals surface area contributed by atoms with Gasteiger partial charge in [-0.05, 0) is 22.8 Å². The Bertz CT molecular complexity index is 513. The Morgan fingerprint density at radius 2 is 2.00 bits per heavy atom. The molecular formula is C16H22N2O. The third-order valence-corrected chi connectivity index (χ3v) is 3.43.